The zero-order chi connectivity index (χ0) is 21.2. The van der Waals surface area contributed by atoms with E-state index in [1.165, 1.54) is 10.3 Å². The third-order valence-electron chi connectivity index (χ3n) is 5.18. The molecule has 0 radical (unpaired) electrons. The molecule has 0 aliphatic rings. The summed E-state index contributed by atoms with van der Waals surface area (Å²) >= 11 is 1.68. The molecule has 0 aliphatic carbocycles. The number of nitrogens with one attached hydrogen (secondary N) is 1. The highest BCUT2D eigenvalue weighted by Crippen LogP contribution is 2.31. The molecule has 4 aromatic carbocycles. The number of carbonyl (C=O) groups excluding carboxylic acids is 1. The molecule has 1 heterocycles. The molecule has 0 atom stereocenters. The summed E-state index contributed by atoms with van der Waals surface area (Å²) in [5.41, 5.74) is 5.07. The minimum atomic E-state index is -0.156. The minimum Gasteiger partial charge on any atom is -0.323 e. The van der Waals surface area contributed by atoms with Crippen LogP contribution in [0.2, 0.25) is 0 Å². The molecule has 0 aliphatic heterocycles. The highest BCUT2D eigenvalue weighted by molar-refractivity contribution is 7.21. The zero-order valence-electron chi connectivity index (χ0n) is 17.0. The van der Waals surface area contributed by atoms with E-state index < -0.39 is 0 Å². The summed E-state index contributed by atoms with van der Waals surface area (Å²) in [6.45, 7) is 2.09. The van der Waals surface area contributed by atoms with Gasteiger partial charge >= 0.3 is 0 Å². The van der Waals surface area contributed by atoms with Crippen molar-refractivity contribution in [1.29, 1.82) is 0 Å². The first-order chi connectivity index (χ1) is 15.2. The fraction of sp³-hybridized carbons (Fsp3) is 0.0370. The molecule has 0 unspecified atom stereocenters. The number of anilines is 1. The van der Waals surface area contributed by atoms with Crippen LogP contribution in [0.5, 0.6) is 0 Å². The maximum absolute atomic E-state index is 12.4. The minimum absolute atomic E-state index is 0.156. The molecule has 0 bridgehead atoms. The van der Waals surface area contributed by atoms with Crippen molar-refractivity contribution < 1.29 is 4.79 Å². The van der Waals surface area contributed by atoms with Crippen LogP contribution in [0.1, 0.15) is 11.1 Å². The summed E-state index contributed by atoms with van der Waals surface area (Å²) in [4.78, 5) is 17.1. The Morgan fingerprint density at radius 2 is 1.74 bits per heavy atom. The fourth-order valence-electron chi connectivity index (χ4n) is 3.60. The quantitative estimate of drug-likeness (QED) is 0.316. The van der Waals surface area contributed by atoms with E-state index in [2.05, 4.69) is 48.6 Å². The van der Waals surface area contributed by atoms with Crippen LogP contribution in [0.25, 0.3) is 37.6 Å². The van der Waals surface area contributed by atoms with Crippen LogP contribution in [0, 0.1) is 6.92 Å². The normalized spacial score (nSPS) is 11.4. The average molecular weight is 421 g/mol. The molecular formula is C27H20N2OS. The van der Waals surface area contributed by atoms with E-state index in [1.807, 2.05) is 54.6 Å². The molecule has 1 amide bonds. The predicted molar refractivity (Wildman–Crippen MR) is 131 cm³/mol. The van der Waals surface area contributed by atoms with Crippen LogP contribution in [-0.4, -0.2) is 10.9 Å². The molecule has 1 N–H and O–H groups in total. The fourth-order valence-corrected chi connectivity index (χ4v) is 4.67. The number of hydrogen-bond acceptors (Lipinski definition) is 3. The third kappa shape index (κ3) is 4.11. The Morgan fingerprint density at radius 3 is 2.61 bits per heavy atom. The average Bonchev–Trinajstić information content (AvgIpc) is 3.21. The van der Waals surface area contributed by atoms with E-state index in [4.69, 9.17) is 4.98 Å². The van der Waals surface area contributed by atoms with Gasteiger partial charge < -0.3 is 5.32 Å². The highest BCUT2D eigenvalue weighted by atomic mass is 32.1. The van der Waals surface area contributed by atoms with E-state index in [9.17, 15) is 4.79 Å². The second-order valence-corrected chi connectivity index (χ2v) is 8.49. The van der Waals surface area contributed by atoms with Gasteiger partial charge in [0.15, 0.2) is 0 Å². The van der Waals surface area contributed by atoms with Crippen LogP contribution in [-0.2, 0) is 4.79 Å². The van der Waals surface area contributed by atoms with Crippen molar-refractivity contribution in [2.24, 2.45) is 0 Å². The molecule has 1 aromatic heterocycles. The summed E-state index contributed by atoms with van der Waals surface area (Å²) in [6.07, 6.45) is 3.43. The Bertz CT molecular complexity index is 1430. The molecule has 4 heteroatoms. The topological polar surface area (TPSA) is 42.0 Å². The van der Waals surface area contributed by atoms with Crippen molar-refractivity contribution in [1.82, 2.24) is 4.98 Å². The van der Waals surface area contributed by atoms with Gasteiger partial charge in [0.05, 0.1) is 10.2 Å². The number of amides is 1. The lowest BCUT2D eigenvalue weighted by Crippen LogP contribution is -2.07. The van der Waals surface area contributed by atoms with Gasteiger partial charge in [0.25, 0.3) is 0 Å². The van der Waals surface area contributed by atoms with Gasteiger partial charge in [0, 0.05) is 17.3 Å². The Labute approximate surface area is 184 Å². The van der Waals surface area contributed by atoms with E-state index in [-0.39, 0.29) is 5.91 Å². The van der Waals surface area contributed by atoms with Gasteiger partial charge in [-0.1, -0.05) is 48.5 Å². The molecule has 0 saturated carbocycles. The number of aromatic nitrogens is 1. The first kappa shape index (κ1) is 19.2. The molecule has 0 fully saturated rings. The van der Waals surface area contributed by atoms with Crippen molar-refractivity contribution >= 4 is 50.0 Å². The number of rotatable bonds is 4. The standard InChI is InChI=1S/C27H20N2OS/c1-18-9-15-24-25(17-18)31-27(29-24)21-10-13-22(14-11-21)28-26(30)16-12-20-7-4-6-19-5-2-3-8-23(19)20/h2-17H,1H3,(H,28,30). The predicted octanol–water partition coefficient (Wildman–Crippen LogP) is 7.08. The zero-order valence-corrected chi connectivity index (χ0v) is 17.8. The summed E-state index contributed by atoms with van der Waals surface area (Å²) in [5, 5.41) is 6.20. The first-order valence-electron chi connectivity index (χ1n) is 10.1. The Morgan fingerprint density at radius 1 is 0.935 bits per heavy atom. The molecule has 31 heavy (non-hydrogen) atoms. The number of aryl methyl sites for hydroxylation is 1. The van der Waals surface area contributed by atoms with Gasteiger partial charge in [0.2, 0.25) is 5.91 Å². The smallest absolute Gasteiger partial charge is 0.248 e. The number of carbonyl (C=O) groups is 1. The Hall–Kier alpha value is -3.76. The van der Waals surface area contributed by atoms with Crippen LogP contribution in [0.4, 0.5) is 5.69 Å². The second kappa shape index (κ2) is 8.17. The van der Waals surface area contributed by atoms with Gasteiger partial charge in [-0.15, -0.1) is 11.3 Å². The largest absolute Gasteiger partial charge is 0.323 e. The van der Waals surface area contributed by atoms with Crippen LogP contribution >= 0.6 is 11.3 Å². The Balaban J connectivity index is 1.31. The number of fused-ring (bicyclic) bond motifs is 2. The van der Waals surface area contributed by atoms with Crippen LogP contribution < -0.4 is 5.32 Å². The SMILES string of the molecule is Cc1ccc2nc(-c3ccc(NC(=O)C=Cc4cccc5ccccc45)cc3)sc2c1. The van der Waals surface area contributed by atoms with Crippen molar-refractivity contribution in [2.45, 2.75) is 6.92 Å². The number of benzene rings is 4. The molecular weight excluding hydrogens is 400 g/mol. The number of nitrogens with zero attached hydrogens (tertiary/aromatic N) is 1. The van der Waals surface area contributed by atoms with Crippen molar-refractivity contribution in [2.75, 3.05) is 5.32 Å². The van der Waals surface area contributed by atoms with E-state index in [1.54, 1.807) is 17.4 Å². The monoisotopic (exact) mass is 420 g/mol. The van der Waals surface area contributed by atoms with Crippen LogP contribution in [0.3, 0.4) is 0 Å². The lowest BCUT2D eigenvalue weighted by molar-refractivity contribution is -0.111. The maximum atomic E-state index is 12.4. The van der Waals surface area contributed by atoms with E-state index in [0.717, 1.165) is 38.1 Å². The lowest BCUT2D eigenvalue weighted by Gasteiger charge is -2.04. The van der Waals surface area contributed by atoms with E-state index in [0.29, 0.717) is 0 Å². The van der Waals surface area contributed by atoms with Gasteiger partial charge in [-0.3, -0.25) is 4.79 Å². The summed E-state index contributed by atoms with van der Waals surface area (Å²) in [5.74, 6) is -0.156. The molecule has 0 spiro atoms. The molecule has 5 aromatic rings. The lowest BCUT2D eigenvalue weighted by atomic mass is 10.0. The molecule has 5 rings (SSSR count). The second-order valence-electron chi connectivity index (χ2n) is 7.46. The highest BCUT2D eigenvalue weighted by Gasteiger charge is 2.07. The third-order valence-corrected chi connectivity index (χ3v) is 6.25. The van der Waals surface area contributed by atoms with Gasteiger partial charge in [0.1, 0.15) is 5.01 Å². The van der Waals surface area contributed by atoms with Crippen molar-refractivity contribution in [3.8, 4) is 10.6 Å². The van der Waals surface area contributed by atoms with E-state index >= 15 is 0 Å². The summed E-state index contributed by atoms with van der Waals surface area (Å²) < 4.78 is 1.19. The van der Waals surface area contributed by atoms with Crippen molar-refractivity contribution in [3.63, 3.8) is 0 Å². The maximum Gasteiger partial charge on any atom is 0.248 e. The number of hydrogen-bond donors (Lipinski definition) is 1. The van der Waals surface area contributed by atoms with Crippen molar-refractivity contribution in [3.05, 3.63) is 102 Å². The summed E-state index contributed by atoms with van der Waals surface area (Å²) in [7, 11) is 0. The molecule has 150 valence electrons. The summed E-state index contributed by atoms with van der Waals surface area (Å²) in [6, 6.07) is 28.4. The molecule has 3 nitrogen and oxygen atoms in total. The Kier molecular flexibility index (Phi) is 5.06. The number of thiazole rings is 1. The van der Waals surface area contributed by atoms with Gasteiger partial charge in [-0.2, -0.15) is 0 Å². The van der Waals surface area contributed by atoms with Gasteiger partial charge in [-0.25, -0.2) is 4.98 Å². The van der Waals surface area contributed by atoms with Crippen LogP contribution in [0.15, 0.2) is 91.0 Å². The first-order valence-corrected chi connectivity index (χ1v) is 10.9. The molecule has 0 saturated heterocycles. The van der Waals surface area contributed by atoms with Gasteiger partial charge in [-0.05, 0) is 71.3 Å².